The minimum Gasteiger partial charge on any atom is -0.507 e. The molecule has 0 bridgehead atoms. The van der Waals surface area contributed by atoms with E-state index in [1.807, 2.05) is 0 Å². The molecule has 0 aliphatic carbocycles. The SMILES string of the molecule is [2H]c1c(Br)c([2H])c(C([2H])([2H])[2H])c(O)c1C([2H])([2H])[2H]. The molecule has 2 heteroatoms. The molecule has 54 valence electrons. The monoisotopic (exact) mass is 208 g/mol. The van der Waals surface area contributed by atoms with Gasteiger partial charge in [-0.2, -0.15) is 0 Å². The average molecular weight is 209 g/mol. The summed E-state index contributed by atoms with van der Waals surface area (Å²) in [6, 6.07) is -1.21. The second kappa shape index (κ2) is 2.62. The molecule has 0 aliphatic heterocycles. The lowest BCUT2D eigenvalue weighted by Crippen LogP contribution is -1.79. The van der Waals surface area contributed by atoms with Crippen LogP contribution in [0, 0.1) is 13.7 Å². The third-order valence-corrected chi connectivity index (χ3v) is 1.34. The van der Waals surface area contributed by atoms with Crippen LogP contribution in [-0.2, 0) is 0 Å². The van der Waals surface area contributed by atoms with Gasteiger partial charge in [0.25, 0.3) is 0 Å². The largest absolute Gasteiger partial charge is 0.507 e. The Balaban J connectivity index is 3.83. The summed E-state index contributed by atoms with van der Waals surface area (Å²) in [6.07, 6.45) is 0. The fourth-order valence-corrected chi connectivity index (χ4v) is 0.891. The number of aromatic hydroxyl groups is 1. The Kier molecular flexibility index (Phi) is 0.588. The highest BCUT2D eigenvalue weighted by Crippen LogP contribution is 2.25. The topological polar surface area (TPSA) is 20.2 Å². The summed E-state index contributed by atoms with van der Waals surface area (Å²) in [4.78, 5) is 0. The number of hydrogen-bond acceptors (Lipinski definition) is 1. The van der Waals surface area contributed by atoms with Gasteiger partial charge in [-0.15, -0.1) is 0 Å². The zero-order chi connectivity index (χ0) is 14.5. The maximum absolute atomic E-state index is 9.77. The van der Waals surface area contributed by atoms with Crippen LogP contribution >= 0.6 is 15.9 Å². The lowest BCUT2D eigenvalue weighted by molar-refractivity contribution is 0.467. The zero-order valence-corrected chi connectivity index (χ0v) is 6.41. The Morgan fingerprint density at radius 1 is 1.50 bits per heavy atom. The van der Waals surface area contributed by atoms with Crippen LogP contribution in [0.15, 0.2) is 16.6 Å². The highest BCUT2D eigenvalue weighted by molar-refractivity contribution is 9.10. The fourth-order valence-electron chi connectivity index (χ4n) is 0.494. The van der Waals surface area contributed by atoms with Gasteiger partial charge in [0.15, 0.2) is 0 Å². The van der Waals surface area contributed by atoms with Crippen molar-refractivity contribution in [3.63, 3.8) is 0 Å². The summed E-state index contributed by atoms with van der Waals surface area (Å²) in [5, 5.41) is 9.77. The molecule has 0 fully saturated rings. The van der Waals surface area contributed by atoms with Crippen molar-refractivity contribution in [2.24, 2.45) is 0 Å². The van der Waals surface area contributed by atoms with Gasteiger partial charge in [0.1, 0.15) is 5.75 Å². The first-order valence-electron chi connectivity index (χ1n) is 6.41. The van der Waals surface area contributed by atoms with E-state index in [0.29, 0.717) is 0 Å². The Morgan fingerprint density at radius 3 is 2.40 bits per heavy atom. The molecule has 0 aromatic heterocycles. The van der Waals surface area contributed by atoms with E-state index in [1.165, 1.54) is 0 Å². The van der Waals surface area contributed by atoms with E-state index in [-0.39, 0.29) is 4.47 Å². The molecule has 1 aromatic rings. The van der Waals surface area contributed by atoms with E-state index < -0.39 is 42.7 Å². The van der Waals surface area contributed by atoms with E-state index >= 15 is 0 Å². The van der Waals surface area contributed by atoms with Gasteiger partial charge in [0.2, 0.25) is 0 Å². The maximum Gasteiger partial charge on any atom is 0.121 e. The minimum atomic E-state index is -2.84. The Bertz CT molecular complexity index is 448. The Labute approximate surface area is 80.1 Å². The number of rotatable bonds is 0. The normalized spacial score (nSPS) is 24.1. The minimum absolute atomic E-state index is 0.266. The summed E-state index contributed by atoms with van der Waals surface area (Å²) in [7, 11) is 0. The molecular weight excluding hydrogens is 192 g/mol. The summed E-state index contributed by atoms with van der Waals surface area (Å²) < 4.78 is 58.1. The van der Waals surface area contributed by atoms with Crippen molar-refractivity contribution in [3.05, 3.63) is 27.7 Å². The third kappa shape index (κ3) is 1.32. The molecule has 1 N–H and O–H groups in total. The molecule has 0 aliphatic rings. The first-order valence-corrected chi connectivity index (χ1v) is 3.21. The van der Waals surface area contributed by atoms with Crippen molar-refractivity contribution < 1.29 is 16.1 Å². The van der Waals surface area contributed by atoms with Gasteiger partial charge in [0, 0.05) is 12.7 Å². The van der Waals surface area contributed by atoms with Gasteiger partial charge in [-0.05, 0) is 36.9 Å². The predicted octanol–water partition coefficient (Wildman–Crippen LogP) is 2.77. The van der Waals surface area contributed by atoms with Gasteiger partial charge in [-0.3, -0.25) is 0 Å². The number of benzene rings is 1. The van der Waals surface area contributed by atoms with Crippen molar-refractivity contribution in [1.29, 1.82) is 0 Å². The van der Waals surface area contributed by atoms with E-state index in [2.05, 4.69) is 15.9 Å². The first kappa shape index (κ1) is 2.24. The van der Waals surface area contributed by atoms with Gasteiger partial charge in [0.05, 0.1) is 2.74 Å². The van der Waals surface area contributed by atoms with Crippen LogP contribution in [-0.4, -0.2) is 5.11 Å². The molecule has 0 saturated heterocycles. The Morgan fingerprint density at radius 2 is 2.00 bits per heavy atom. The van der Waals surface area contributed by atoms with Crippen LogP contribution in [0.5, 0.6) is 5.75 Å². The number of phenolic OH excluding ortho intramolecular Hbond substituents is 1. The van der Waals surface area contributed by atoms with Gasteiger partial charge < -0.3 is 5.11 Å². The standard InChI is InChI=1S/C8H9BrO/c1-5-3-7(9)4-6(2)8(5)10/h3-4,10H,1-2H3/i1D3,2D3,3D,4D. The number of hydrogen-bond donors (Lipinski definition) is 1. The molecule has 10 heavy (non-hydrogen) atoms. The third-order valence-electron chi connectivity index (χ3n) is 0.943. The summed E-state index contributed by atoms with van der Waals surface area (Å²) in [5.41, 5.74) is -1.53. The van der Waals surface area contributed by atoms with Crippen molar-refractivity contribution in [1.82, 2.24) is 0 Å². The van der Waals surface area contributed by atoms with Crippen LogP contribution in [0.2, 0.25) is 0 Å². The molecule has 1 nitrogen and oxygen atoms in total. The Hall–Kier alpha value is -0.500. The zero-order valence-electron chi connectivity index (χ0n) is 12.8. The maximum atomic E-state index is 9.77. The molecule has 0 amide bonds. The fraction of sp³-hybridized carbons (Fsp3) is 0.250. The molecule has 0 atom stereocenters. The van der Waals surface area contributed by atoms with Gasteiger partial charge in [-0.25, -0.2) is 0 Å². The van der Waals surface area contributed by atoms with Crippen molar-refractivity contribution in [2.45, 2.75) is 13.7 Å². The first-order chi connectivity index (χ1) is 7.89. The highest BCUT2D eigenvalue weighted by Gasteiger charge is 1.99. The van der Waals surface area contributed by atoms with Crippen LogP contribution in [0.1, 0.15) is 22.1 Å². The van der Waals surface area contributed by atoms with Crippen LogP contribution < -0.4 is 0 Å². The molecule has 1 aromatic carbocycles. The molecule has 0 spiro atoms. The summed E-state index contributed by atoms with van der Waals surface area (Å²) >= 11 is 2.81. The van der Waals surface area contributed by atoms with Gasteiger partial charge >= 0.3 is 0 Å². The van der Waals surface area contributed by atoms with Crippen LogP contribution in [0.4, 0.5) is 0 Å². The lowest BCUT2D eigenvalue weighted by atomic mass is 10.1. The lowest BCUT2D eigenvalue weighted by Gasteiger charge is -2.02. The van der Waals surface area contributed by atoms with E-state index in [9.17, 15) is 5.11 Å². The van der Waals surface area contributed by atoms with Crippen molar-refractivity contribution >= 4 is 15.9 Å². The average Bonchev–Trinajstić information content (AvgIpc) is 2.09. The van der Waals surface area contributed by atoms with E-state index in [0.717, 1.165) is 0 Å². The van der Waals surface area contributed by atoms with E-state index in [4.69, 9.17) is 11.0 Å². The number of halogens is 1. The summed E-state index contributed by atoms with van der Waals surface area (Å²) in [6.45, 7) is -5.67. The molecule has 1 rings (SSSR count). The molecule has 0 unspecified atom stereocenters. The predicted molar refractivity (Wildman–Crippen MR) is 45.3 cm³/mol. The summed E-state index contributed by atoms with van der Waals surface area (Å²) in [5.74, 6) is -1.03. The molecule has 0 heterocycles. The van der Waals surface area contributed by atoms with E-state index in [1.54, 1.807) is 0 Å². The quantitative estimate of drug-likeness (QED) is 0.696. The van der Waals surface area contributed by atoms with Crippen LogP contribution in [0.3, 0.4) is 0 Å². The van der Waals surface area contributed by atoms with Crippen LogP contribution in [0.25, 0.3) is 0 Å². The second-order valence-corrected chi connectivity index (χ2v) is 2.46. The molecular formula is C8H9BrO. The highest BCUT2D eigenvalue weighted by atomic mass is 79.9. The second-order valence-electron chi connectivity index (χ2n) is 1.66. The smallest absolute Gasteiger partial charge is 0.121 e. The molecule has 0 radical (unpaired) electrons. The number of phenols is 1. The van der Waals surface area contributed by atoms with Crippen molar-refractivity contribution in [2.75, 3.05) is 0 Å². The van der Waals surface area contributed by atoms with Crippen molar-refractivity contribution in [3.8, 4) is 5.75 Å². The van der Waals surface area contributed by atoms with Gasteiger partial charge in [-0.1, -0.05) is 15.9 Å². The molecule has 0 saturated carbocycles.